The lowest BCUT2D eigenvalue weighted by Gasteiger charge is -2.12. The van der Waals surface area contributed by atoms with Crippen molar-refractivity contribution < 1.29 is 0 Å². The lowest BCUT2D eigenvalue weighted by Crippen LogP contribution is -2.25. The van der Waals surface area contributed by atoms with Crippen LogP contribution in [0.15, 0.2) is 17.5 Å². The quantitative estimate of drug-likeness (QED) is 0.877. The smallest absolute Gasteiger partial charge is 0.0328 e. The summed E-state index contributed by atoms with van der Waals surface area (Å²) in [5.41, 5.74) is 5.82. The van der Waals surface area contributed by atoms with Gasteiger partial charge in [-0.05, 0) is 17.9 Å². The highest BCUT2D eigenvalue weighted by molar-refractivity contribution is 7.09. The van der Waals surface area contributed by atoms with E-state index in [2.05, 4.69) is 22.4 Å². The first-order valence-electron chi connectivity index (χ1n) is 4.35. The molecule has 2 rings (SSSR count). The van der Waals surface area contributed by atoms with E-state index >= 15 is 0 Å². The Kier molecular flexibility index (Phi) is 6.74. The summed E-state index contributed by atoms with van der Waals surface area (Å²) in [5, 5.41) is 2.13. The molecule has 0 saturated carbocycles. The van der Waals surface area contributed by atoms with Crippen molar-refractivity contribution in [3.63, 3.8) is 0 Å². The molecule has 1 fully saturated rings. The number of thiophene rings is 1. The zero-order valence-corrected chi connectivity index (χ0v) is 10.3. The molecule has 1 aliphatic heterocycles. The third-order valence-electron chi connectivity index (χ3n) is 2.27. The molecule has 82 valence electrons. The molecule has 2 N–H and O–H groups in total. The highest BCUT2D eigenvalue weighted by Crippen LogP contribution is 2.15. The van der Waals surface area contributed by atoms with Crippen LogP contribution in [0.2, 0.25) is 0 Å². The maximum absolute atomic E-state index is 5.82. The Morgan fingerprint density at radius 2 is 2.29 bits per heavy atom. The Hall–Kier alpha value is 0.200. The lowest BCUT2D eigenvalue weighted by atomic mass is 10.3. The van der Waals surface area contributed by atoms with Gasteiger partial charge in [0.25, 0.3) is 0 Å². The molecule has 0 amide bonds. The summed E-state index contributed by atoms with van der Waals surface area (Å²) in [5.74, 6) is 0. The molecule has 1 aromatic heterocycles. The van der Waals surface area contributed by atoms with Crippen LogP contribution < -0.4 is 5.73 Å². The molecular formula is C9H16Cl2N2S. The van der Waals surface area contributed by atoms with Gasteiger partial charge in [-0.25, -0.2) is 0 Å². The van der Waals surface area contributed by atoms with Gasteiger partial charge in [0, 0.05) is 30.6 Å². The average Bonchev–Trinajstić information content (AvgIpc) is 2.63. The van der Waals surface area contributed by atoms with E-state index in [1.165, 1.54) is 11.4 Å². The van der Waals surface area contributed by atoms with Gasteiger partial charge in [-0.2, -0.15) is 0 Å². The predicted molar refractivity (Wildman–Crippen MR) is 66.7 cm³/mol. The molecule has 2 heterocycles. The molecule has 1 atom stereocenters. The largest absolute Gasteiger partial charge is 0.326 e. The molecule has 2 nitrogen and oxygen atoms in total. The van der Waals surface area contributed by atoms with Crippen molar-refractivity contribution in [3.05, 3.63) is 22.4 Å². The standard InChI is InChI=1S/C9H14N2S.2ClH/c10-8-3-4-11(6-8)7-9-2-1-5-12-9;;/h1-2,5,8H,3-4,6-7,10H2;2*1H. The third-order valence-corrected chi connectivity index (χ3v) is 3.13. The maximum atomic E-state index is 5.82. The van der Waals surface area contributed by atoms with E-state index in [9.17, 15) is 0 Å². The second-order valence-corrected chi connectivity index (χ2v) is 4.40. The van der Waals surface area contributed by atoms with E-state index in [1.54, 1.807) is 0 Å². The molecule has 14 heavy (non-hydrogen) atoms. The Bertz CT molecular complexity index is 241. The van der Waals surface area contributed by atoms with Crippen LogP contribution in [0.3, 0.4) is 0 Å². The fourth-order valence-electron chi connectivity index (χ4n) is 1.63. The first kappa shape index (κ1) is 14.2. The summed E-state index contributed by atoms with van der Waals surface area (Å²) in [6.45, 7) is 3.32. The van der Waals surface area contributed by atoms with Crippen LogP contribution in [0.25, 0.3) is 0 Å². The lowest BCUT2D eigenvalue weighted by molar-refractivity contribution is 0.330. The molecule has 0 aliphatic carbocycles. The van der Waals surface area contributed by atoms with Gasteiger partial charge in [0.1, 0.15) is 0 Å². The minimum absolute atomic E-state index is 0. The first-order valence-corrected chi connectivity index (χ1v) is 5.23. The number of halogens is 2. The molecule has 0 spiro atoms. The van der Waals surface area contributed by atoms with Crippen LogP contribution in [0.4, 0.5) is 0 Å². The molecule has 5 heteroatoms. The van der Waals surface area contributed by atoms with Gasteiger partial charge >= 0.3 is 0 Å². The van der Waals surface area contributed by atoms with E-state index in [4.69, 9.17) is 5.73 Å². The fourth-order valence-corrected chi connectivity index (χ4v) is 2.38. The maximum Gasteiger partial charge on any atom is 0.0328 e. The summed E-state index contributed by atoms with van der Waals surface area (Å²) < 4.78 is 0. The van der Waals surface area contributed by atoms with Crippen molar-refractivity contribution in [2.45, 2.75) is 19.0 Å². The molecule has 1 aliphatic rings. The topological polar surface area (TPSA) is 29.3 Å². The van der Waals surface area contributed by atoms with E-state index in [0.29, 0.717) is 6.04 Å². The normalized spacial score (nSPS) is 21.4. The Balaban J connectivity index is 0.000000845. The van der Waals surface area contributed by atoms with Crippen LogP contribution >= 0.6 is 36.2 Å². The van der Waals surface area contributed by atoms with Crippen LogP contribution in [0, 0.1) is 0 Å². The van der Waals surface area contributed by atoms with Crippen LogP contribution in [0.1, 0.15) is 11.3 Å². The highest BCUT2D eigenvalue weighted by Gasteiger charge is 2.18. The van der Waals surface area contributed by atoms with E-state index in [-0.39, 0.29) is 24.8 Å². The molecule has 0 bridgehead atoms. The summed E-state index contributed by atoms with van der Waals surface area (Å²) in [4.78, 5) is 3.88. The van der Waals surface area contributed by atoms with Gasteiger partial charge in [0.05, 0.1) is 0 Å². The van der Waals surface area contributed by atoms with Crippen molar-refractivity contribution in [2.75, 3.05) is 13.1 Å². The molecule has 1 saturated heterocycles. The summed E-state index contributed by atoms with van der Waals surface area (Å²) in [7, 11) is 0. The predicted octanol–water partition coefficient (Wildman–Crippen LogP) is 2.12. The van der Waals surface area contributed by atoms with Crippen molar-refractivity contribution >= 4 is 36.2 Å². The second kappa shape index (κ2) is 6.64. The Morgan fingerprint density at radius 1 is 1.50 bits per heavy atom. The number of hydrogen-bond donors (Lipinski definition) is 1. The Morgan fingerprint density at radius 3 is 2.79 bits per heavy atom. The van der Waals surface area contributed by atoms with Crippen LogP contribution in [-0.2, 0) is 6.54 Å². The molecule has 0 radical (unpaired) electrons. The molecule has 1 unspecified atom stereocenters. The molecule has 0 aromatic carbocycles. The van der Waals surface area contributed by atoms with Crippen LogP contribution in [0.5, 0.6) is 0 Å². The second-order valence-electron chi connectivity index (χ2n) is 3.36. The van der Waals surface area contributed by atoms with Gasteiger partial charge in [-0.1, -0.05) is 6.07 Å². The highest BCUT2D eigenvalue weighted by atomic mass is 35.5. The van der Waals surface area contributed by atoms with Gasteiger partial charge in [-0.15, -0.1) is 36.2 Å². The number of rotatable bonds is 2. The minimum Gasteiger partial charge on any atom is -0.326 e. The minimum atomic E-state index is 0. The zero-order chi connectivity index (χ0) is 8.39. The number of likely N-dealkylation sites (tertiary alicyclic amines) is 1. The summed E-state index contributed by atoms with van der Waals surface area (Å²) in [6.07, 6.45) is 1.16. The molecule has 1 aromatic rings. The number of nitrogens with two attached hydrogens (primary N) is 1. The summed E-state index contributed by atoms with van der Waals surface area (Å²) >= 11 is 1.83. The number of hydrogen-bond acceptors (Lipinski definition) is 3. The van der Waals surface area contributed by atoms with E-state index in [0.717, 1.165) is 19.5 Å². The van der Waals surface area contributed by atoms with Crippen molar-refractivity contribution in [1.82, 2.24) is 4.90 Å². The van der Waals surface area contributed by atoms with Crippen LogP contribution in [-0.4, -0.2) is 24.0 Å². The van der Waals surface area contributed by atoms with Gasteiger partial charge in [0.2, 0.25) is 0 Å². The SMILES string of the molecule is Cl.Cl.NC1CCN(Cc2cccs2)C1. The first-order chi connectivity index (χ1) is 5.84. The Labute approximate surface area is 101 Å². The van der Waals surface area contributed by atoms with Gasteiger partial charge in [-0.3, -0.25) is 4.90 Å². The van der Waals surface area contributed by atoms with E-state index < -0.39 is 0 Å². The fraction of sp³-hybridized carbons (Fsp3) is 0.556. The van der Waals surface area contributed by atoms with Crippen molar-refractivity contribution in [2.24, 2.45) is 5.73 Å². The average molecular weight is 255 g/mol. The number of nitrogens with zero attached hydrogens (tertiary/aromatic N) is 1. The van der Waals surface area contributed by atoms with Gasteiger partial charge in [0.15, 0.2) is 0 Å². The third kappa shape index (κ3) is 3.75. The van der Waals surface area contributed by atoms with E-state index in [1.807, 2.05) is 11.3 Å². The molecular weight excluding hydrogens is 239 g/mol. The summed E-state index contributed by atoms with van der Waals surface area (Å²) in [6, 6.07) is 4.70. The van der Waals surface area contributed by atoms with Crippen molar-refractivity contribution in [3.8, 4) is 0 Å². The monoisotopic (exact) mass is 254 g/mol. The zero-order valence-electron chi connectivity index (χ0n) is 7.89. The van der Waals surface area contributed by atoms with Crippen molar-refractivity contribution in [1.29, 1.82) is 0 Å². The van der Waals surface area contributed by atoms with Gasteiger partial charge < -0.3 is 5.73 Å².